The van der Waals surface area contributed by atoms with Gasteiger partial charge in [0.25, 0.3) is 0 Å². The zero-order valence-electron chi connectivity index (χ0n) is 11.5. The van der Waals surface area contributed by atoms with E-state index in [9.17, 15) is 9.59 Å². The largest absolute Gasteiger partial charge is 0.293 e. The molecule has 0 spiro atoms. The third-order valence-corrected chi connectivity index (χ3v) is 3.09. The van der Waals surface area contributed by atoms with E-state index in [-0.39, 0.29) is 23.8 Å². The van der Waals surface area contributed by atoms with Gasteiger partial charge in [-0.15, -0.1) is 0 Å². The molecule has 0 heterocycles. The molecule has 2 aromatic rings. The molecule has 0 aliphatic heterocycles. The van der Waals surface area contributed by atoms with E-state index >= 15 is 0 Å². The zero-order valence-corrected chi connectivity index (χ0v) is 11.5. The Bertz CT molecular complexity index is 684. The molecule has 4 heteroatoms. The van der Waals surface area contributed by atoms with Gasteiger partial charge in [0.15, 0.2) is 5.78 Å². The number of amides is 1. The topological polar surface area (TPSA) is 58.5 Å². The van der Waals surface area contributed by atoms with Crippen LogP contribution in [0.2, 0.25) is 0 Å². The number of nitrogens with zero attached hydrogens (tertiary/aromatic N) is 1. The van der Waals surface area contributed by atoms with E-state index in [4.69, 9.17) is 0 Å². The molecule has 0 unspecified atom stereocenters. The number of fused-ring (bicyclic) bond motifs is 1. The Morgan fingerprint density at radius 3 is 2.50 bits per heavy atom. The van der Waals surface area contributed by atoms with Crippen LogP contribution in [-0.4, -0.2) is 17.4 Å². The summed E-state index contributed by atoms with van der Waals surface area (Å²) in [4.78, 5) is 22.9. The van der Waals surface area contributed by atoms with Crippen LogP contribution in [0.3, 0.4) is 0 Å². The molecular formula is C16H16N2O2. The minimum absolute atomic E-state index is 0.157. The van der Waals surface area contributed by atoms with Crippen molar-refractivity contribution in [1.82, 2.24) is 5.43 Å². The molecule has 1 N–H and O–H groups in total. The first-order valence-electron chi connectivity index (χ1n) is 6.38. The monoisotopic (exact) mass is 268 g/mol. The van der Waals surface area contributed by atoms with E-state index in [1.807, 2.05) is 42.5 Å². The molecule has 0 saturated heterocycles. The molecule has 2 rings (SSSR count). The van der Waals surface area contributed by atoms with E-state index in [1.165, 1.54) is 6.92 Å². The molecule has 20 heavy (non-hydrogen) atoms. The summed E-state index contributed by atoms with van der Waals surface area (Å²) < 4.78 is 0. The normalized spacial score (nSPS) is 11.4. The number of hydrazone groups is 1. The molecule has 2 aromatic carbocycles. The van der Waals surface area contributed by atoms with Crippen molar-refractivity contribution in [3.05, 3.63) is 48.0 Å². The van der Waals surface area contributed by atoms with Crippen LogP contribution < -0.4 is 5.43 Å². The van der Waals surface area contributed by atoms with Gasteiger partial charge in [-0.2, -0.15) is 5.10 Å². The Balaban J connectivity index is 2.14. The van der Waals surface area contributed by atoms with Gasteiger partial charge in [0.05, 0.1) is 6.42 Å². The van der Waals surface area contributed by atoms with E-state index in [0.717, 1.165) is 16.3 Å². The summed E-state index contributed by atoms with van der Waals surface area (Å²) in [6.45, 7) is 2.98. The van der Waals surface area contributed by atoms with Crippen LogP contribution in [0.5, 0.6) is 0 Å². The lowest BCUT2D eigenvalue weighted by molar-refractivity contribution is -0.120. The van der Waals surface area contributed by atoms with Crippen molar-refractivity contribution in [3.8, 4) is 0 Å². The van der Waals surface area contributed by atoms with Gasteiger partial charge >= 0.3 is 0 Å². The third-order valence-electron chi connectivity index (χ3n) is 3.09. The van der Waals surface area contributed by atoms with Crippen molar-refractivity contribution in [2.24, 2.45) is 5.10 Å². The predicted octanol–water partition coefficient (Wildman–Crippen LogP) is 2.46. The van der Waals surface area contributed by atoms with Crippen LogP contribution in [0.25, 0.3) is 10.8 Å². The fraction of sp³-hybridized carbons (Fsp3) is 0.188. The number of nitrogens with one attached hydrogen (secondary N) is 1. The predicted molar refractivity (Wildman–Crippen MR) is 79.6 cm³/mol. The lowest BCUT2D eigenvalue weighted by Crippen LogP contribution is -2.22. The Hall–Kier alpha value is -2.49. The highest BCUT2D eigenvalue weighted by Crippen LogP contribution is 2.18. The van der Waals surface area contributed by atoms with Crippen molar-refractivity contribution < 1.29 is 9.59 Å². The molecule has 1 amide bonds. The fourth-order valence-electron chi connectivity index (χ4n) is 1.88. The lowest BCUT2D eigenvalue weighted by atomic mass is 10.0. The second kappa shape index (κ2) is 6.10. The van der Waals surface area contributed by atoms with Crippen LogP contribution >= 0.6 is 0 Å². The van der Waals surface area contributed by atoms with Crippen LogP contribution in [0.1, 0.15) is 19.4 Å². The van der Waals surface area contributed by atoms with Gasteiger partial charge < -0.3 is 0 Å². The van der Waals surface area contributed by atoms with E-state index in [1.54, 1.807) is 6.92 Å². The molecule has 0 atom stereocenters. The molecule has 0 bridgehead atoms. The zero-order chi connectivity index (χ0) is 14.5. The van der Waals surface area contributed by atoms with Gasteiger partial charge in [0.2, 0.25) is 5.91 Å². The van der Waals surface area contributed by atoms with Gasteiger partial charge in [-0.05, 0) is 23.3 Å². The van der Waals surface area contributed by atoms with Crippen molar-refractivity contribution in [2.45, 2.75) is 20.3 Å². The standard InChI is InChI=1S/C16H16N2O2/c1-11(12(2)19)17-18-16(20)10-14-8-5-7-13-6-3-4-9-15(13)14/h3-9H,10H2,1-2H3,(H,18,20)/b17-11+. The number of ketones is 1. The molecule has 0 aliphatic carbocycles. The number of benzene rings is 2. The van der Waals surface area contributed by atoms with Crippen molar-refractivity contribution in [1.29, 1.82) is 0 Å². The number of hydrogen-bond acceptors (Lipinski definition) is 3. The first-order chi connectivity index (χ1) is 9.58. The van der Waals surface area contributed by atoms with E-state index in [2.05, 4.69) is 10.5 Å². The number of carbonyl (C=O) groups excluding carboxylic acids is 2. The third kappa shape index (κ3) is 3.29. The maximum Gasteiger partial charge on any atom is 0.244 e. The second-order valence-electron chi connectivity index (χ2n) is 4.60. The Labute approximate surface area is 117 Å². The number of Topliss-reactive ketones (excluding diaryl/α,β-unsaturated/α-hetero) is 1. The molecule has 4 nitrogen and oxygen atoms in total. The highest BCUT2D eigenvalue weighted by atomic mass is 16.2. The van der Waals surface area contributed by atoms with Crippen molar-refractivity contribution in [3.63, 3.8) is 0 Å². The van der Waals surface area contributed by atoms with Gasteiger partial charge in [0, 0.05) is 6.92 Å². The average molecular weight is 268 g/mol. The number of carbonyl (C=O) groups is 2. The summed E-state index contributed by atoms with van der Waals surface area (Å²) in [6.07, 6.45) is 0.232. The summed E-state index contributed by atoms with van der Waals surface area (Å²) in [5, 5.41) is 5.92. The number of hydrogen-bond donors (Lipinski definition) is 1. The summed E-state index contributed by atoms with van der Waals surface area (Å²) in [5.74, 6) is -0.391. The minimum atomic E-state index is -0.234. The molecule has 0 saturated carbocycles. The lowest BCUT2D eigenvalue weighted by Gasteiger charge is -2.05. The van der Waals surface area contributed by atoms with Gasteiger partial charge in [-0.25, -0.2) is 5.43 Å². The number of rotatable bonds is 4. The summed E-state index contributed by atoms with van der Waals surface area (Å²) >= 11 is 0. The smallest absolute Gasteiger partial charge is 0.244 e. The van der Waals surface area contributed by atoms with Crippen LogP contribution in [0, 0.1) is 0 Å². The summed E-state index contributed by atoms with van der Waals surface area (Å²) in [6, 6.07) is 13.8. The molecule has 0 aromatic heterocycles. The molecule has 0 radical (unpaired) electrons. The summed E-state index contributed by atoms with van der Waals surface area (Å²) in [5.41, 5.74) is 3.63. The van der Waals surface area contributed by atoms with Crippen LogP contribution in [-0.2, 0) is 16.0 Å². The highest BCUT2D eigenvalue weighted by Gasteiger charge is 2.06. The summed E-state index contributed by atoms with van der Waals surface area (Å²) in [7, 11) is 0. The van der Waals surface area contributed by atoms with Crippen molar-refractivity contribution in [2.75, 3.05) is 0 Å². The van der Waals surface area contributed by atoms with Crippen LogP contribution in [0.4, 0.5) is 0 Å². The van der Waals surface area contributed by atoms with Gasteiger partial charge in [-0.1, -0.05) is 42.5 Å². The second-order valence-corrected chi connectivity index (χ2v) is 4.60. The molecule has 0 aliphatic rings. The first kappa shape index (κ1) is 13.9. The van der Waals surface area contributed by atoms with E-state index < -0.39 is 0 Å². The van der Waals surface area contributed by atoms with E-state index in [0.29, 0.717) is 0 Å². The maximum absolute atomic E-state index is 11.9. The quantitative estimate of drug-likeness (QED) is 0.684. The Kier molecular flexibility index (Phi) is 4.25. The molecular weight excluding hydrogens is 252 g/mol. The molecule has 0 fully saturated rings. The van der Waals surface area contributed by atoms with Crippen molar-refractivity contribution >= 4 is 28.2 Å². The Morgan fingerprint density at radius 1 is 1.05 bits per heavy atom. The SMILES string of the molecule is CC(=O)/C(C)=N/NC(=O)Cc1cccc2ccccc12. The minimum Gasteiger partial charge on any atom is -0.293 e. The van der Waals surface area contributed by atoms with Gasteiger partial charge in [0.1, 0.15) is 5.71 Å². The Morgan fingerprint density at radius 2 is 1.75 bits per heavy atom. The fourth-order valence-corrected chi connectivity index (χ4v) is 1.88. The maximum atomic E-state index is 11.9. The van der Waals surface area contributed by atoms with Gasteiger partial charge in [-0.3, -0.25) is 9.59 Å². The highest BCUT2D eigenvalue weighted by molar-refractivity contribution is 6.38. The first-order valence-corrected chi connectivity index (χ1v) is 6.38. The average Bonchev–Trinajstić information content (AvgIpc) is 2.45. The van der Waals surface area contributed by atoms with Crippen LogP contribution in [0.15, 0.2) is 47.6 Å². The molecule has 102 valence electrons.